The third-order valence-corrected chi connectivity index (χ3v) is 4.52. The highest BCUT2D eigenvalue weighted by molar-refractivity contribution is 6.22. The Morgan fingerprint density at radius 3 is 2.10 bits per heavy atom. The van der Waals surface area contributed by atoms with Crippen LogP contribution >= 0.6 is 0 Å². The Kier molecular flexibility index (Phi) is 3.91. The van der Waals surface area contributed by atoms with Crippen molar-refractivity contribution in [2.75, 3.05) is 4.90 Å². The van der Waals surface area contributed by atoms with Gasteiger partial charge in [0, 0.05) is 0 Å². The number of allylic oxidation sites excluding steroid dienone is 2. The maximum atomic E-state index is 12.5. The quantitative estimate of drug-likeness (QED) is 0.626. The first-order chi connectivity index (χ1) is 10.2. The first kappa shape index (κ1) is 14.1. The second-order valence-electron chi connectivity index (χ2n) is 5.94. The summed E-state index contributed by atoms with van der Waals surface area (Å²) in [4.78, 5) is 26.4. The van der Waals surface area contributed by atoms with Gasteiger partial charge in [-0.05, 0) is 43.4 Å². The first-order valence-corrected chi connectivity index (χ1v) is 7.84. The van der Waals surface area contributed by atoms with Gasteiger partial charge in [-0.15, -0.1) is 0 Å². The third kappa shape index (κ3) is 2.53. The van der Waals surface area contributed by atoms with Crippen LogP contribution in [0.4, 0.5) is 5.69 Å². The molecule has 21 heavy (non-hydrogen) atoms. The van der Waals surface area contributed by atoms with E-state index < -0.39 is 0 Å². The molecule has 2 atom stereocenters. The molecule has 3 rings (SSSR count). The summed E-state index contributed by atoms with van der Waals surface area (Å²) in [6.45, 7) is 2.17. The molecule has 2 amide bonds. The van der Waals surface area contributed by atoms with Crippen molar-refractivity contribution < 1.29 is 9.59 Å². The van der Waals surface area contributed by atoms with Crippen LogP contribution in [0.5, 0.6) is 0 Å². The number of unbranched alkanes of at least 4 members (excludes halogenated alkanes) is 1. The molecule has 3 heteroatoms. The number of fused-ring (bicyclic) bond motifs is 1. The Labute approximate surface area is 125 Å². The van der Waals surface area contributed by atoms with Crippen molar-refractivity contribution in [3.8, 4) is 0 Å². The molecule has 0 aromatic heterocycles. The van der Waals surface area contributed by atoms with Gasteiger partial charge in [0.15, 0.2) is 0 Å². The van der Waals surface area contributed by atoms with E-state index in [1.54, 1.807) is 0 Å². The van der Waals surface area contributed by atoms with Crippen molar-refractivity contribution in [3.05, 3.63) is 42.0 Å². The number of benzene rings is 1. The Bertz CT molecular complexity index is 547. The molecule has 0 radical (unpaired) electrons. The average molecular weight is 283 g/mol. The minimum Gasteiger partial charge on any atom is -0.274 e. The molecule has 1 heterocycles. The number of amides is 2. The van der Waals surface area contributed by atoms with E-state index in [1.807, 2.05) is 36.4 Å². The summed E-state index contributed by atoms with van der Waals surface area (Å²) in [5.41, 5.74) is 1.98. The van der Waals surface area contributed by atoms with E-state index in [1.165, 1.54) is 16.9 Å². The predicted molar refractivity (Wildman–Crippen MR) is 82.9 cm³/mol. The second-order valence-corrected chi connectivity index (χ2v) is 5.94. The van der Waals surface area contributed by atoms with Gasteiger partial charge in [0.05, 0.1) is 17.5 Å². The molecule has 2 aliphatic rings. The molecule has 1 saturated heterocycles. The zero-order valence-electron chi connectivity index (χ0n) is 12.4. The fourth-order valence-corrected chi connectivity index (χ4v) is 3.25. The lowest BCUT2D eigenvalue weighted by molar-refractivity contribution is -0.122. The SMILES string of the molecule is CCCCc1ccc(N2C(=O)C3CC=CCC3C2=O)cc1. The number of imide groups is 1. The van der Waals surface area contributed by atoms with Gasteiger partial charge in [-0.3, -0.25) is 14.5 Å². The fraction of sp³-hybridized carbons (Fsp3) is 0.444. The van der Waals surface area contributed by atoms with Crippen LogP contribution in [0.1, 0.15) is 38.2 Å². The maximum Gasteiger partial charge on any atom is 0.238 e. The van der Waals surface area contributed by atoms with Gasteiger partial charge in [0.1, 0.15) is 0 Å². The number of aryl methyl sites for hydroxylation is 1. The van der Waals surface area contributed by atoms with E-state index in [0.717, 1.165) is 18.5 Å². The normalized spacial score (nSPS) is 24.5. The van der Waals surface area contributed by atoms with Crippen LogP contribution in [-0.4, -0.2) is 11.8 Å². The van der Waals surface area contributed by atoms with E-state index in [4.69, 9.17) is 0 Å². The average Bonchev–Trinajstić information content (AvgIpc) is 2.78. The Balaban J connectivity index is 1.80. The van der Waals surface area contributed by atoms with Crippen molar-refractivity contribution in [2.45, 2.75) is 39.0 Å². The number of carbonyl (C=O) groups is 2. The number of rotatable bonds is 4. The lowest BCUT2D eigenvalue weighted by atomic mass is 9.85. The number of hydrogen-bond acceptors (Lipinski definition) is 2. The molecule has 0 bridgehead atoms. The van der Waals surface area contributed by atoms with Gasteiger partial charge in [0.2, 0.25) is 11.8 Å². The summed E-state index contributed by atoms with van der Waals surface area (Å²) in [5.74, 6) is -0.365. The van der Waals surface area contributed by atoms with Crippen molar-refractivity contribution in [3.63, 3.8) is 0 Å². The smallest absolute Gasteiger partial charge is 0.238 e. The van der Waals surface area contributed by atoms with Crippen LogP contribution in [0.2, 0.25) is 0 Å². The molecule has 1 aromatic rings. The highest BCUT2D eigenvalue weighted by Crippen LogP contribution is 2.37. The molecule has 1 aliphatic carbocycles. The van der Waals surface area contributed by atoms with Crippen LogP contribution in [0, 0.1) is 11.8 Å². The summed E-state index contributed by atoms with van der Waals surface area (Å²) in [5, 5.41) is 0. The van der Waals surface area contributed by atoms with E-state index in [9.17, 15) is 9.59 Å². The van der Waals surface area contributed by atoms with E-state index in [-0.39, 0.29) is 23.7 Å². The largest absolute Gasteiger partial charge is 0.274 e. The molecule has 1 fully saturated rings. The number of carbonyl (C=O) groups excluding carboxylic acids is 2. The van der Waals surface area contributed by atoms with Gasteiger partial charge in [-0.25, -0.2) is 0 Å². The van der Waals surface area contributed by atoms with Crippen molar-refractivity contribution in [2.24, 2.45) is 11.8 Å². The molecule has 0 saturated carbocycles. The minimum absolute atomic E-state index is 0.0318. The molecule has 0 spiro atoms. The van der Waals surface area contributed by atoms with Crippen molar-refractivity contribution in [1.29, 1.82) is 0 Å². The molecule has 110 valence electrons. The van der Waals surface area contributed by atoms with Crippen molar-refractivity contribution in [1.82, 2.24) is 0 Å². The maximum absolute atomic E-state index is 12.5. The van der Waals surface area contributed by atoms with Gasteiger partial charge in [0.25, 0.3) is 0 Å². The number of nitrogens with zero attached hydrogens (tertiary/aromatic N) is 1. The van der Waals surface area contributed by atoms with E-state index in [0.29, 0.717) is 12.8 Å². The standard InChI is InChI=1S/C18H21NO2/c1-2-3-6-13-9-11-14(12-10-13)19-17(20)15-7-4-5-8-16(15)18(19)21/h4-5,9-12,15-16H,2-3,6-8H2,1H3. The molecular formula is C18H21NO2. The molecule has 1 aliphatic heterocycles. The van der Waals surface area contributed by atoms with Crippen LogP contribution in [0.3, 0.4) is 0 Å². The predicted octanol–water partition coefficient (Wildman–Crippen LogP) is 3.48. The summed E-state index contributed by atoms with van der Waals surface area (Å²) < 4.78 is 0. The molecular weight excluding hydrogens is 262 g/mol. The Hall–Kier alpha value is -1.90. The van der Waals surface area contributed by atoms with Gasteiger partial charge >= 0.3 is 0 Å². The first-order valence-electron chi connectivity index (χ1n) is 7.84. The summed E-state index contributed by atoms with van der Waals surface area (Å²) >= 11 is 0. The zero-order valence-corrected chi connectivity index (χ0v) is 12.4. The van der Waals surface area contributed by atoms with Crippen molar-refractivity contribution >= 4 is 17.5 Å². The molecule has 3 nitrogen and oxygen atoms in total. The van der Waals surface area contributed by atoms with Gasteiger partial charge in [-0.2, -0.15) is 0 Å². The van der Waals surface area contributed by atoms with E-state index >= 15 is 0 Å². The van der Waals surface area contributed by atoms with Crippen LogP contribution in [0.25, 0.3) is 0 Å². The number of hydrogen-bond donors (Lipinski definition) is 0. The van der Waals surface area contributed by atoms with Crippen LogP contribution in [-0.2, 0) is 16.0 Å². The minimum atomic E-state index is -0.151. The highest BCUT2D eigenvalue weighted by Gasteiger charge is 2.47. The molecule has 2 unspecified atom stereocenters. The Morgan fingerprint density at radius 2 is 1.57 bits per heavy atom. The van der Waals surface area contributed by atoms with Gasteiger partial charge < -0.3 is 0 Å². The molecule has 1 aromatic carbocycles. The van der Waals surface area contributed by atoms with Crippen LogP contribution < -0.4 is 4.90 Å². The molecule has 0 N–H and O–H groups in total. The highest BCUT2D eigenvalue weighted by atomic mass is 16.2. The lowest BCUT2D eigenvalue weighted by Crippen LogP contribution is -2.30. The van der Waals surface area contributed by atoms with Crippen LogP contribution in [0.15, 0.2) is 36.4 Å². The topological polar surface area (TPSA) is 37.4 Å². The lowest BCUT2D eigenvalue weighted by Gasteiger charge is -2.15. The fourth-order valence-electron chi connectivity index (χ4n) is 3.25. The number of anilines is 1. The van der Waals surface area contributed by atoms with Gasteiger partial charge in [-0.1, -0.05) is 37.6 Å². The second kappa shape index (κ2) is 5.84. The summed E-state index contributed by atoms with van der Waals surface area (Å²) in [6, 6.07) is 7.88. The Morgan fingerprint density at radius 1 is 1.00 bits per heavy atom. The summed E-state index contributed by atoms with van der Waals surface area (Å²) in [7, 11) is 0. The van der Waals surface area contributed by atoms with E-state index in [2.05, 4.69) is 6.92 Å². The summed E-state index contributed by atoms with van der Waals surface area (Å²) in [6.07, 6.45) is 8.81. The zero-order chi connectivity index (χ0) is 14.8. The third-order valence-electron chi connectivity index (χ3n) is 4.52. The monoisotopic (exact) mass is 283 g/mol.